The molecule has 1 N–H and O–H groups in total. The van der Waals surface area contributed by atoms with Gasteiger partial charge in [-0.1, -0.05) is 16.9 Å². The van der Waals surface area contributed by atoms with Crippen LogP contribution >= 0.6 is 11.8 Å². The van der Waals surface area contributed by atoms with Gasteiger partial charge in [-0.3, -0.25) is 9.20 Å². The lowest BCUT2D eigenvalue weighted by Crippen LogP contribution is -2.22. The van der Waals surface area contributed by atoms with Gasteiger partial charge >= 0.3 is 6.18 Å². The van der Waals surface area contributed by atoms with Gasteiger partial charge in [0, 0.05) is 12.3 Å². The standard InChI is InChI=1S/C14H12F3N5O2S/c1-7-5-10(21-24-7)18-12(23)8(2)25-13-20-19-11-4-3-9(6-22(11)13)14(15,16)17/h3-6,8H,1-2H3,(H,18,21,23). The SMILES string of the molecule is Cc1cc(NC(=O)C(C)Sc2nnc3ccc(C(F)(F)F)cn23)no1. The molecule has 1 unspecified atom stereocenters. The number of alkyl halides is 3. The maximum Gasteiger partial charge on any atom is 0.417 e. The number of anilines is 1. The van der Waals surface area contributed by atoms with Crippen LogP contribution in [-0.4, -0.2) is 30.9 Å². The molecule has 3 aromatic rings. The molecule has 3 rings (SSSR count). The second-order valence-electron chi connectivity index (χ2n) is 5.20. The third-order valence-corrected chi connectivity index (χ3v) is 4.29. The van der Waals surface area contributed by atoms with Crippen LogP contribution in [0.5, 0.6) is 0 Å². The summed E-state index contributed by atoms with van der Waals surface area (Å²) in [5.41, 5.74) is -0.563. The predicted octanol–water partition coefficient (Wildman–Crippen LogP) is 3.16. The summed E-state index contributed by atoms with van der Waals surface area (Å²) in [6, 6.07) is 3.71. The van der Waals surface area contributed by atoms with Gasteiger partial charge in [-0.05, 0) is 26.0 Å². The molecule has 11 heteroatoms. The molecule has 0 aliphatic rings. The highest BCUT2D eigenvalue weighted by atomic mass is 32.2. The van der Waals surface area contributed by atoms with Crippen molar-refractivity contribution in [3.05, 3.63) is 35.7 Å². The van der Waals surface area contributed by atoms with Crippen molar-refractivity contribution in [1.29, 1.82) is 0 Å². The molecule has 132 valence electrons. The van der Waals surface area contributed by atoms with Gasteiger partial charge < -0.3 is 9.84 Å². The average Bonchev–Trinajstić information content (AvgIpc) is 3.12. The van der Waals surface area contributed by atoms with Crippen molar-refractivity contribution in [2.75, 3.05) is 5.32 Å². The lowest BCUT2D eigenvalue weighted by Gasteiger charge is -2.10. The normalized spacial score (nSPS) is 13.2. The van der Waals surface area contributed by atoms with Crippen LogP contribution < -0.4 is 5.32 Å². The summed E-state index contributed by atoms with van der Waals surface area (Å²) in [7, 11) is 0. The van der Waals surface area contributed by atoms with E-state index in [2.05, 4.69) is 20.7 Å². The minimum atomic E-state index is -4.48. The number of halogens is 3. The first-order valence-corrected chi connectivity index (χ1v) is 7.95. The van der Waals surface area contributed by atoms with Crippen molar-refractivity contribution in [2.45, 2.75) is 30.4 Å². The highest BCUT2D eigenvalue weighted by molar-refractivity contribution is 8.00. The van der Waals surface area contributed by atoms with E-state index in [4.69, 9.17) is 4.52 Å². The molecule has 0 aromatic carbocycles. The molecule has 0 radical (unpaired) electrons. The summed E-state index contributed by atoms with van der Waals surface area (Å²) in [5, 5.41) is 13.4. The number of amides is 1. The molecular formula is C14H12F3N5O2S. The van der Waals surface area contributed by atoms with E-state index in [9.17, 15) is 18.0 Å². The number of fused-ring (bicyclic) bond motifs is 1. The van der Waals surface area contributed by atoms with Gasteiger partial charge in [0.25, 0.3) is 0 Å². The number of aryl methyl sites for hydroxylation is 1. The summed E-state index contributed by atoms with van der Waals surface area (Å²) in [4.78, 5) is 12.2. The first kappa shape index (κ1) is 17.3. The van der Waals surface area contributed by atoms with Crippen molar-refractivity contribution in [2.24, 2.45) is 0 Å². The number of nitrogens with zero attached hydrogens (tertiary/aromatic N) is 4. The largest absolute Gasteiger partial charge is 0.417 e. The van der Waals surface area contributed by atoms with Crippen LogP contribution in [0.3, 0.4) is 0 Å². The van der Waals surface area contributed by atoms with Crippen LogP contribution in [0.4, 0.5) is 19.0 Å². The number of hydrogen-bond acceptors (Lipinski definition) is 6. The van der Waals surface area contributed by atoms with E-state index < -0.39 is 17.0 Å². The maximum atomic E-state index is 12.8. The third kappa shape index (κ3) is 3.76. The Morgan fingerprint density at radius 3 is 2.76 bits per heavy atom. The molecule has 3 aromatic heterocycles. The average molecular weight is 371 g/mol. The van der Waals surface area contributed by atoms with Gasteiger partial charge in [0.1, 0.15) is 5.76 Å². The maximum absolute atomic E-state index is 12.8. The molecule has 0 spiro atoms. The molecule has 0 saturated carbocycles. The summed E-state index contributed by atoms with van der Waals surface area (Å²) in [6.45, 7) is 3.28. The zero-order valence-corrected chi connectivity index (χ0v) is 13.9. The molecule has 0 aliphatic carbocycles. The summed E-state index contributed by atoms with van der Waals surface area (Å²) in [5.74, 6) is 0.418. The zero-order valence-electron chi connectivity index (χ0n) is 13.0. The number of hydrogen-bond donors (Lipinski definition) is 1. The second kappa shape index (κ2) is 6.39. The van der Waals surface area contributed by atoms with Crippen LogP contribution in [0.2, 0.25) is 0 Å². The molecular weight excluding hydrogens is 359 g/mol. The highest BCUT2D eigenvalue weighted by Crippen LogP contribution is 2.30. The third-order valence-electron chi connectivity index (χ3n) is 3.23. The Bertz CT molecular complexity index is 921. The number of nitrogens with one attached hydrogen (secondary N) is 1. The predicted molar refractivity (Wildman–Crippen MR) is 83.2 cm³/mol. The fourth-order valence-corrected chi connectivity index (χ4v) is 2.81. The van der Waals surface area contributed by atoms with E-state index >= 15 is 0 Å². The van der Waals surface area contributed by atoms with Gasteiger partial charge in [0.2, 0.25) is 5.91 Å². The Balaban J connectivity index is 1.78. The van der Waals surface area contributed by atoms with Gasteiger partial charge in [0.05, 0.1) is 10.8 Å². The lowest BCUT2D eigenvalue weighted by atomic mass is 10.3. The van der Waals surface area contributed by atoms with E-state index in [0.29, 0.717) is 5.76 Å². The Hall–Kier alpha value is -2.56. The summed E-state index contributed by atoms with van der Waals surface area (Å²) in [6.07, 6.45) is -3.57. The van der Waals surface area contributed by atoms with Gasteiger partial charge in [0.15, 0.2) is 16.6 Å². The molecule has 3 heterocycles. The second-order valence-corrected chi connectivity index (χ2v) is 6.51. The van der Waals surface area contributed by atoms with Gasteiger partial charge in [-0.25, -0.2) is 0 Å². The topological polar surface area (TPSA) is 85.3 Å². The summed E-state index contributed by atoms with van der Waals surface area (Å²) >= 11 is 0.985. The fraction of sp³-hybridized carbons (Fsp3) is 0.286. The minimum absolute atomic E-state index is 0.181. The van der Waals surface area contributed by atoms with Crippen molar-refractivity contribution >= 4 is 29.1 Å². The van der Waals surface area contributed by atoms with E-state index in [-0.39, 0.29) is 22.5 Å². The van der Waals surface area contributed by atoms with E-state index in [1.807, 2.05) is 0 Å². The van der Waals surface area contributed by atoms with Crippen molar-refractivity contribution in [3.63, 3.8) is 0 Å². The lowest BCUT2D eigenvalue weighted by molar-refractivity contribution is -0.137. The van der Waals surface area contributed by atoms with Crippen LogP contribution in [0.15, 0.2) is 34.1 Å². The van der Waals surface area contributed by atoms with E-state index in [1.54, 1.807) is 19.9 Å². The number of rotatable bonds is 4. The molecule has 0 bridgehead atoms. The fourth-order valence-electron chi connectivity index (χ4n) is 1.98. The number of thioether (sulfide) groups is 1. The first-order valence-electron chi connectivity index (χ1n) is 7.07. The minimum Gasteiger partial charge on any atom is -0.360 e. The van der Waals surface area contributed by atoms with Crippen LogP contribution in [-0.2, 0) is 11.0 Å². The van der Waals surface area contributed by atoms with E-state index in [1.165, 1.54) is 10.5 Å². The van der Waals surface area contributed by atoms with Gasteiger partial charge in [-0.15, -0.1) is 10.2 Å². The monoisotopic (exact) mass is 371 g/mol. The Morgan fingerprint density at radius 2 is 2.12 bits per heavy atom. The molecule has 0 fully saturated rings. The Kier molecular flexibility index (Phi) is 4.41. The van der Waals surface area contributed by atoms with Crippen molar-refractivity contribution in [3.8, 4) is 0 Å². The zero-order chi connectivity index (χ0) is 18.2. The molecule has 0 saturated heterocycles. The Morgan fingerprint density at radius 1 is 1.36 bits per heavy atom. The molecule has 25 heavy (non-hydrogen) atoms. The highest BCUT2D eigenvalue weighted by Gasteiger charge is 2.31. The first-order chi connectivity index (χ1) is 11.7. The number of carbonyl (C=O) groups excluding carboxylic acids is 1. The summed E-state index contributed by atoms with van der Waals surface area (Å²) < 4.78 is 44.6. The number of carbonyl (C=O) groups is 1. The number of pyridine rings is 1. The molecule has 1 amide bonds. The van der Waals surface area contributed by atoms with Crippen molar-refractivity contribution < 1.29 is 22.5 Å². The molecule has 1 atom stereocenters. The van der Waals surface area contributed by atoms with Gasteiger partial charge in [-0.2, -0.15) is 13.2 Å². The van der Waals surface area contributed by atoms with E-state index in [0.717, 1.165) is 24.0 Å². The van der Waals surface area contributed by atoms with Crippen LogP contribution in [0, 0.1) is 6.92 Å². The Labute approximate surface area is 143 Å². The quantitative estimate of drug-likeness (QED) is 0.709. The smallest absolute Gasteiger partial charge is 0.360 e. The number of aromatic nitrogens is 4. The van der Waals surface area contributed by atoms with Crippen LogP contribution in [0.1, 0.15) is 18.2 Å². The van der Waals surface area contributed by atoms with Crippen LogP contribution in [0.25, 0.3) is 5.65 Å². The van der Waals surface area contributed by atoms with Crippen molar-refractivity contribution in [1.82, 2.24) is 19.8 Å². The molecule has 0 aliphatic heterocycles. The molecule has 7 nitrogen and oxygen atoms in total.